The van der Waals surface area contributed by atoms with Gasteiger partial charge in [0.25, 0.3) is 5.91 Å². The summed E-state index contributed by atoms with van der Waals surface area (Å²) in [6, 6.07) is 1.69. The van der Waals surface area contributed by atoms with E-state index >= 15 is 0 Å². The first kappa shape index (κ1) is 16.9. The fraction of sp³-hybridized carbons (Fsp3) is 0.667. The largest absolute Gasteiger partial charge is 0.466 e. The summed E-state index contributed by atoms with van der Waals surface area (Å²) < 4.78 is 42.2. The zero-order chi connectivity index (χ0) is 16.3. The smallest absolute Gasteiger partial charge is 0.401 e. The van der Waals surface area contributed by atoms with Gasteiger partial charge in [-0.2, -0.15) is 13.2 Å². The third-order valence-electron chi connectivity index (χ3n) is 3.95. The van der Waals surface area contributed by atoms with Crippen molar-refractivity contribution in [3.8, 4) is 0 Å². The van der Waals surface area contributed by atoms with Gasteiger partial charge in [-0.25, -0.2) is 0 Å². The van der Waals surface area contributed by atoms with Gasteiger partial charge in [-0.1, -0.05) is 0 Å². The molecule has 124 valence electrons. The summed E-state index contributed by atoms with van der Waals surface area (Å²) in [7, 11) is 0. The van der Waals surface area contributed by atoms with E-state index in [4.69, 9.17) is 4.42 Å². The maximum absolute atomic E-state index is 12.3. The number of carbonyl (C=O) groups is 1. The van der Waals surface area contributed by atoms with Crippen LogP contribution in [0.15, 0.2) is 10.5 Å². The molecule has 0 unspecified atom stereocenters. The SMILES string of the molecule is Cc1cc(C(=O)NCC2CCN(CC(F)(F)F)CC2)c(C)o1. The Balaban J connectivity index is 1.75. The van der Waals surface area contributed by atoms with Crippen molar-refractivity contribution in [2.24, 2.45) is 5.92 Å². The van der Waals surface area contributed by atoms with E-state index in [0.717, 1.165) is 0 Å². The Morgan fingerprint density at radius 2 is 2.00 bits per heavy atom. The van der Waals surface area contributed by atoms with Gasteiger partial charge in [0.2, 0.25) is 0 Å². The minimum absolute atomic E-state index is 0.188. The van der Waals surface area contributed by atoms with Crippen LogP contribution < -0.4 is 5.32 Å². The number of halogens is 3. The molecule has 1 aromatic rings. The highest BCUT2D eigenvalue weighted by molar-refractivity contribution is 5.95. The van der Waals surface area contributed by atoms with Crippen LogP contribution in [0.1, 0.15) is 34.7 Å². The van der Waals surface area contributed by atoms with Crippen LogP contribution in [0.4, 0.5) is 13.2 Å². The number of furan rings is 1. The monoisotopic (exact) mass is 318 g/mol. The van der Waals surface area contributed by atoms with Crippen molar-refractivity contribution < 1.29 is 22.4 Å². The topological polar surface area (TPSA) is 45.5 Å². The minimum Gasteiger partial charge on any atom is -0.466 e. The molecule has 1 saturated heterocycles. The van der Waals surface area contributed by atoms with Crippen LogP contribution in [-0.2, 0) is 0 Å². The van der Waals surface area contributed by atoms with Crippen LogP contribution in [0.3, 0.4) is 0 Å². The number of nitrogens with one attached hydrogen (secondary N) is 1. The molecule has 2 heterocycles. The van der Waals surface area contributed by atoms with Crippen LogP contribution in [0.25, 0.3) is 0 Å². The predicted octanol–water partition coefficient (Wildman–Crippen LogP) is 2.90. The summed E-state index contributed by atoms with van der Waals surface area (Å²) in [5.41, 5.74) is 0.520. The van der Waals surface area contributed by atoms with Gasteiger partial charge >= 0.3 is 6.18 Å². The van der Waals surface area contributed by atoms with Crippen molar-refractivity contribution in [2.75, 3.05) is 26.2 Å². The highest BCUT2D eigenvalue weighted by Gasteiger charge is 2.32. The van der Waals surface area contributed by atoms with E-state index in [9.17, 15) is 18.0 Å². The predicted molar refractivity (Wildman–Crippen MR) is 75.7 cm³/mol. The molecule has 0 radical (unpaired) electrons. The molecule has 0 spiro atoms. The highest BCUT2D eigenvalue weighted by atomic mass is 19.4. The molecule has 7 heteroatoms. The van der Waals surface area contributed by atoms with Crippen LogP contribution in [0.2, 0.25) is 0 Å². The Kier molecular flexibility index (Phi) is 5.16. The summed E-state index contributed by atoms with van der Waals surface area (Å²) in [6.07, 6.45) is -2.81. The van der Waals surface area contributed by atoms with Gasteiger partial charge < -0.3 is 9.73 Å². The Hall–Kier alpha value is -1.50. The minimum atomic E-state index is -4.14. The molecular weight excluding hydrogens is 297 g/mol. The van der Waals surface area contributed by atoms with E-state index in [2.05, 4.69) is 5.32 Å². The number of piperidine rings is 1. The number of hydrogen-bond donors (Lipinski definition) is 1. The molecular formula is C15H21F3N2O2. The number of nitrogens with zero attached hydrogens (tertiary/aromatic N) is 1. The number of hydrogen-bond acceptors (Lipinski definition) is 3. The molecule has 0 saturated carbocycles. The molecule has 0 aromatic carbocycles. The summed E-state index contributed by atoms with van der Waals surface area (Å²) in [4.78, 5) is 13.5. The molecule has 1 amide bonds. The number of alkyl halides is 3. The van der Waals surface area contributed by atoms with Gasteiger partial charge in [0.1, 0.15) is 11.5 Å². The first-order valence-electron chi connectivity index (χ1n) is 7.39. The maximum atomic E-state index is 12.3. The molecule has 1 fully saturated rings. The zero-order valence-electron chi connectivity index (χ0n) is 12.8. The quantitative estimate of drug-likeness (QED) is 0.928. The summed E-state index contributed by atoms with van der Waals surface area (Å²) in [5.74, 6) is 1.30. The lowest BCUT2D eigenvalue weighted by Gasteiger charge is -2.32. The van der Waals surface area contributed by atoms with Gasteiger partial charge in [0.15, 0.2) is 0 Å². The van der Waals surface area contributed by atoms with Crippen molar-refractivity contribution >= 4 is 5.91 Å². The lowest BCUT2D eigenvalue weighted by atomic mass is 9.96. The van der Waals surface area contributed by atoms with Crippen LogP contribution in [0, 0.1) is 19.8 Å². The lowest BCUT2D eigenvalue weighted by Crippen LogP contribution is -2.42. The van der Waals surface area contributed by atoms with Gasteiger partial charge in [-0.15, -0.1) is 0 Å². The first-order valence-corrected chi connectivity index (χ1v) is 7.39. The van der Waals surface area contributed by atoms with Gasteiger partial charge in [0, 0.05) is 6.54 Å². The fourth-order valence-corrected chi connectivity index (χ4v) is 2.79. The van der Waals surface area contributed by atoms with E-state index in [1.54, 1.807) is 19.9 Å². The second-order valence-electron chi connectivity index (χ2n) is 5.87. The summed E-state index contributed by atoms with van der Waals surface area (Å²) in [5, 5.41) is 2.85. The van der Waals surface area contributed by atoms with Crippen molar-refractivity contribution in [1.82, 2.24) is 10.2 Å². The summed E-state index contributed by atoms with van der Waals surface area (Å²) in [6.45, 7) is 3.99. The highest BCUT2D eigenvalue weighted by Crippen LogP contribution is 2.22. The zero-order valence-corrected chi connectivity index (χ0v) is 12.8. The molecule has 1 aliphatic rings. The molecule has 1 aliphatic heterocycles. The molecule has 0 atom stereocenters. The van der Waals surface area contributed by atoms with Crippen molar-refractivity contribution in [3.63, 3.8) is 0 Å². The van der Waals surface area contributed by atoms with Crippen LogP contribution >= 0.6 is 0 Å². The van der Waals surface area contributed by atoms with Crippen molar-refractivity contribution in [3.05, 3.63) is 23.2 Å². The third kappa shape index (κ3) is 4.76. The van der Waals surface area contributed by atoms with E-state index in [0.29, 0.717) is 49.6 Å². The maximum Gasteiger partial charge on any atom is 0.401 e. The van der Waals surface area contributed by atoms with E-state index in [1.807, 2.05) is 0 Å². The number of likely N-dealkylation sites (tertiary alicyclic amines) is 1. The number of rotatable bonds is 4. The molecule has 0 bridgehead atoms. The molecule has 1 aromatic heterocycles. The Bertz CT molecular complexity index is 517. The van der Waals surface area contributed by atoms with Gasteiger partial charge in [0.05, 0.1) is 12.1 Å². The Labute approximate surface area is 127 Å². The molecule has 1 N–H and O–H groups in total. The lowest BCUT2D eigenvalue weighted by molar-refractivity contribution is -0.148. The molecule has 4 nitrogen and oxygen atoms in total. The fourth-order valence-electron chi connectivity index (χ4n) is 2.79. The Morgan fingerprint density at radius 3 is 2.50 bits per heavy atom. The van der Waals surface area contributed by atoms with E-state index in [-0.39, 0.29) is 11.8 Å². The second kappa shape index (κ2) is 6.73. The molecule has 22 heavy (non-hydrogen) atoms. The van der Waals surface area contributed by atoms with Crippen LogP contribution in [-0.4, -0.2) is 43.2 Å². The van der Waals surface area contributed by atoms with Gasteiger partial charge in [-0.3, -0.25) is 9.69 Å². The first-order chi connectivity index (χ1) is 10.2. The normalized spacial score (nSPS) is 17.7. The second-order valence-corrected chi connectivity index (χ2v) is 5.87. The number of aryl methyl sites for hydroxylation is 2. The average Bonchev–Trinajstić information content (AvgIpc) is 2.75. The van der Waals surface area contributed by atoms with E-state index < -0.39 is 12.7 Å². The van der Waals surface area contributed by atoms with Crippen molar-refractivity contribution in [1.29, 1.82) is 0 Å². The van der Waals surface area contributed by atoms with E-state index in [1.165, 1.54) is 4.90 Å². The molecule has 2 rings (SSSR count). The van der Waals surface area contributed by atoms with Crippen LogP contribution in [0.5, 0.6) is 0 Å². The standard InChI is InChI=1S/C15H21F3N2O2/c1-10-7-13(11(2)22-10)14(21)19-8-12-3-5-20(6-4-12)9-15(16,17)18/h7,12H,3-6,8-9H2,1-2H3,(H,19,21). The average molecular weight is 318 g/mol. The number of amides is 1. The summed E-state index contributed by atoms with van der Waals surface area (Å²) >= 11 is 0. The van der Waals surface area contributed by atoms with Gasteiger partial charge in [-0.05, 0) is 51.8 Å². The third-order valence-corrected chi connectivity index (χ3v) is 3.95. The Morgan fingerprint density at radius 1 is 1.36 bits per heavy atom. The molecule has 0 aliphatic carbocycles. The van der Waals surface area contributed by atoms with Crippen molar-refractivity contribution in [2.45, 2.75) is 32.9 Å². The number of carbonyl (C=O) groups excluding carboxylic acids is 1.